The van der Waals surface area contributed by atoms with Crippen molar-refractivity contribution >= 4 is 11.6 Å². The Hall–Kier alpha value is -1.32. The van der Waals surface area contributed by atoms with E-state index in [2.05, 4.69) is 9.97 Å². The molecule has 0 aliphatic heterocycles. The predicted octanol–water partition coefficient (Wildman–Crippen LogP) is 2.53. The minimum absolute atomic E-state index is 0.0920. The second-order valence-corrected chi connectivity index (χ2v) is 3.70. The number of aromatic nitrogens is 2. The Balaban J connectivity index is 2.54. The molecular formula is C11H11ClN2O. The molecule has 2 aromatic rings. The van der Waals surface area contributed by atoms with Crippen LogP contribution in [0.1, 0.15) is 11.5 Å². The second-order valence-electron chi connectivity index (χ2n) is 3.30. The molecule has 0 aliphatic rings. The van der Waals surface area contributed by atoms with Crippen molar-refractivity contribution in [2.75, 3.05) is 0 Å². The van der Waals surface area contributed by atoms with Crippen LogP contribution in [-0.4, -0.2) is 15.1 Å². The fourth-order valence-electron chi connectivity index (χ4n) is 1.51. The first-order valence-electron chi connectivity index (χ1n) is 4.63. The molecule has 2 N–H and O–H groups in total. The van der Waals surface area contributed by atoms with E-state index < -0.39 is 0 Å². The molecule has 0 saturated heterocycles. The van der Waals surface area contributed by atoms with Crippen molar-refractivity contribution < 1.29 is 5.11 Å². The van der Waals surface area contributed by atoms with E-state index >= 15 is 0 Å². The number of halogens is 1. The van der Waals surface area contributed by atoms with Crippen molar-refractivity contribution in [3.05, 3.63) is 40.8 Å². The second kappa shape index (κ2) is 4.04. The van der Waals surface area contributed by atoms with Crippen LogP contribution in [0.2, 0.25) is 5.02 Å². The van der Waals surface area contributed by atoms with Crippen LogP contribution in [0, 0.1) is 6.92 Å². The molecule has 2 rings (SSSR count). The maximum Gasteiger partial charge on any atom is 0.132 e. The van der Waals surface area contributed by atoms with Gasteiger partial charge in [0.25, 0.3) is 0 Å². The third-order valence-electron chi connectivity index (χ3n) is 2.21. The molecule has 0 bridgehead atoms. The average molecular weight is 223 g/mol. The molecule has 0 aliphatic carbocycles. The predicted molar refractivity (Wildman–Crippen MR) is 59.7 cm³/mol. The van der Waals surface area contributed by atoms with Crippen molar-refractivity contribution in [1.82, 2.24) is 9.97 Å². The van der Waals surface area contributed by atoms with Gasteiger partial charge >= 0.3 is 0 Å². The van der Waals surface area contributed by atoms with Crippen molar-refractivity contribution in [3.63, 3.8) is 0 Å². The number of aliphatic hydroxyl groups is 1. The zero-order chi connectivity index (χ0) is 10.8. The Morgan fingerprint density at radius 3 is 2.73 bits per heavy atom. The van der Waals surface area contributed by atoms with Gasteiger partial charge in [-0.25, -0.2) is 4.98 Å². The molecular weight excluding hydrogens is 212 g/mol. The summed E-state index contributed by atoms with van der Waals surface area (Å²) in [4.78, 5) is 7.27. The van der Waals surface area contributed by atoms with Gasteiger partial charge in [-0.15, -0.1) is 0 Å². The molecule has 4 heteroatoms. The molecule has 15 heavy (non-hydrogen) atoms. The first-order valence-corrected chi connectivity index (χ1v) is 5.01. The molecule has 1 aromatic heterocycles. The maximum atomic E-state index is 8.96. The fourth-order valence-corrected chi connectivity index (χ4v) is 1.74. The first-order chi connectivity index (χ1) is 7.22. The summed E-state index contributed by atoms with van der Waals surface area (Å²) in [5.41, 5.74) is 2.59. The zero-order valence-corrected chi connectivity index (χ0v) is 9.04. The van der Waals surface area contributed by atoms with Gasteiger partial charge in [-0.2, -0.15) is 0 Å². The summed E-state index contributed by atoms with van der Waals surface area (Å²) >= 11 is 6.07. The van der Waals surface area contributed by atoms with Crippen molar-refractivity contribution in [2.24, 2.45) is 0 Å². The number of hydrogen-bond acceptors (Lipinski definition) is 2. The third kappa shape index (κ3) is 1.89. The molecule has 0 saturated carbocycles. The van der Waals surface area contributed by atoms with Gasteiger partial charge in [-0.1, -0.05) is 29.8 Å². The van der Waals surface area contributed by atoms with Crippen molar-refractivity contribution in [1.29, 1.82) is 0 Å². The highest BCUT2D eigenvalue weighted by Gasteiger charge is 2.10. The quantitative estimate of drug-likeness (QED) is 0.821. The Morgan fingerprint density at radius 2 is 2.13 bits per heavy atom. The largest absolute Gasteiger partial charge is 0.388 e. The lowest BCUT2D eigenvalue weighted by atomic mass is 10.1. The lowest BCUT2D eigenvalue weighted by Crippen LogP contribution is -1.85. The number of imidazole rings is 1. The fraction of sp³-hybridized carbons (Fsp3) is 0.182. The number of aryl methyl sites for hydroxylation is 1. The number of hydrogen-bond donors (Lipinski definition) is 2. The summed E-state index contributed by atoms with van der Waals surface area (Å²) in [6.07, 6.45) is 0. The topological polar surface area (TPSA) is 48.9 Å². The summed E-state index contributed by atoms with van der Waals surface area (Å²) in [5.74, 6) is 0.558. The highest BCUT2D eigenvalue weighted by atomic mass is 35.5. The average Bonchev–Trinajstić information content (AvgIpc) is 2.60. The van der Waals surface area contributed by atoms with Crippen LogP contribution < -0.4 is 0 Å². The number of aliphatic hydroxyl groups excluding tert-OH is 1. The zero-order valence-electron chi connectivity index (χ0n) is 8.29. The van der Waals surface area contributed by atoms with E-state index in [9.17, 15) is 0 Å². The molecule has 0 fully saturated rings. The minimum atomic E-state index is -0.0920. The lowest BCUT2D eigenvalue weighted by Gasteiger charge is -2.00. The van der Waals surface area contributed by atoms with Gasteiger partial charge in [0.1, 0.15) is 12.4 Å². The van der Waals surface area contributed by atoms with Gasteiger partial charge in [0, 0.05) is 11.3 Å². The molecule has 0 atom stereocenters. The van der Waals surface area contributed by atoms with Crippen LogP contribution in [0.4, 0.5) is 0 Å². The number of aromatic amines is 1. The highest BCUT2D eigenvalue weighted by molar-refractivity contribution is 6.33. The van der Waals surface area contributed by atoms with Crippen LogP contribution >= 0.6 is 11.6 Å². The van der Waals surface area contributed by atoms with Gasteiger partial charge in [0.2, 0.25) is 0 Å². The molecule has 0 spiro atoms. The van der Waals surface area contributed by atoms with E-state index in [0.717, 1.165) is 17.0 Å². The summed E-state index contributed by atoms with van der Waals surface area (Å²) in [6.45, 7) is 1.82. The number of nitrogens with zero attached hydrogens (tertiary/aromatic N) is 1. The van der Waals surface area contributed by atoms with Crippen LogP contribution in [0.15, 0.2) is 24.3 Å². The van der Waals surface area contributed by atoms with E-state index in [4.69, 9.17) is 16.7 Å². The molecule has 1 heterocycles. The number of benzene rings is 1. The van der Waals surface area contributed by atoms with Crippen molar-refractivity contribution in [2.45, 2.75) is 13.5 Å². The van der Waals surface area contributed by atoms with Crippen LogP contribution in [0.25, 0.3) is 11.3 Å². The van der Waals surface area contributed by atoms with E-state index in [-0.39, 0.29) is 6.61 Å². The molecule has 0 radical (unpaired) electrons. The van der Waals surface area contributed by atoms with E-state index in [0.29, 0.717) is 10.8 Å². The molecule has 1 aromatic carbocycles. The van der Waals surface area contributed by atoms with E-state index in [1.807, 2.05) is 31.2 Å². The standard InChI is InChI=1S/C11H11ClN2O/c1-7-11(14-10(6-15)13-7)8-4-2-3-5-9(8)12/h2-5,15H,6H2,1H3,(H,13,14). The smallest absolute Gasteiger partial charge is 0.132 e. The monoisotopic (exact) mass is 222 g/mol. The number of H-pyrrole nitrogens is 1. The molecule has 3 nitrogen and oxygen atoms in total. The number of rotatable bonds is 2. The summed E-state index contributed by atoms with van der Waals surface area (Å²) in [6, 6.07) is 7.52. The Morgan fingerprint density at radius 1 is 1.40 bits per heavy atom. The van der Waals surface area contributed by atoms with Crippen molar-refractivity contribution in [3.8, 4) is 11.3 Å². The molecule has 0 unspecified atom stereocenters. The summed E-state index contributed by atoms with van der Waals surface area (Å²) in [7, 11) is 0. The van der Waals surface area contributed by atoms with Gasteiger partial charge in [-0.05, 0) is 13.0 Å². The Kier molecular flexibility index (Phi) is 2.75. The van der Waals surface area contributed by atoms with Crippen LogP contribution in [-0.2, 0) is 6.61 Å². The summed E-state index contributed by atoms with van der Waals surface area (Å²) < 4.78 is 0. The van der Waals surface area contributed by atoms with E-state index in [1.54, 1.807) is 0 Å². The van der Waals surface area contributed by atoms with Gasteiger partial charge in [0.05, 0.1) is 10.7 Å². The van der Waals surface area contributed by atoms with Gasteiger partial charge in [0.15, 0.2) is 0 Å². The third-order valence-corrected chi connectivity index (χ3v) is 2.54. The van der Waals surface area contributed by atoms with E-state index in [1.165, 1.54) is 0 Å². The first kappa shape index (κ1) is 10.2. The van der Waals surface area contributed by atoms with Crippen LogP contribution in [0.5, 0.6) is 0 Å². The maximum absolute atomic E-state index is 8.96. The molecule has 0 amide bonds. The number of nitrogens with one attached hydrogen (secondary N) is 1. The van der Waals surface area contributed by atoms with Gasteiger partial charge < -0.3 is 10.1 Å². The lowest BCUT2D eigenvalue weighted by molar-refractivity contribution is 0.272. The highest BCUT2D eigenvalue weighted by Crippen LogP contribution is 2.28. The Labute approximate surface area is 92.7 Å². The summed E-state index contributed by atoms with van der Waals surface area (Å²) in [5, 5.41) is 9.63. The normalized spacial score (nSPS) is 10.6. The SMILES string of the molecule is Cc1[nH]c(CO)nc1-c1ccccc1Cl. The molecule has 78 valence electrons. The minimum Gasteiger partial charge on any atom is -0.388 e. The van der Waals surface area contributed by atoms with Gasteiger partial charge in [-0.3, -0.25) is 0 Å². The van der Waals surface area contributed by atoms with Crippen LogP contribution in [0.3, 0.4) is 0 Å². The Bertz CT molecular complexity index is 479.